The highest BCUT2D eigenvalue weighted by molar-refractivity contribution is 6.01. The number of hydrogen-bond donors (Lipinski definition) is 1. The predicted octanol–water partition coefficient (Wildman–Crippen LogP) is 3.96. The van der Waals surface area contributed by atoms with E-state index >= 15 is 0 Å². The first-order chi connectivity index (χ1) is 12.8. The Labute approximate surface area is 153 Å². The number of nitrogens with zero attached hydrogens (tertiary/aromatic N) is 1. The van der Waals surface area contributed by atoms with Crippen molar-refractivity contribution in [2.24, 2.45) is 5.16 Å². The Bertz CT molecular complexity index is 932. The van der Waals surface area contributed by atoms with Crippen molar-refractivity contribution in [3.05, 3.63) is 95.6 Å². The summed E-state index contributed by atoms with van der Waals surface area (Å²) < 4.78 is 0. The number of hydrogen-bond acceptors (Lipinski definition) is 3. The first-order valence-corrected chi connectivity index (χ1v) is 8.70. The van der Waals surface area contributed by atoms with Gasteiger partial charge in [0.25, 0.3) is 0 Å². The molecular formula is C23H19NO2. The molecule has 0 spiro atoms. The third-order valence-electron chi connectivity index (χ3n) is 4.62. The van der Waals surface area contributed by atoms with Crippen LogP contribution in [0.3, 0.4) is 0 Å². The van der Waals surface area contributed by atoms with Crippen LogP contribution < -0.4 is 0 Å². The largest absolute Gasteiger partial charge is 0.379 e. The lowest BCUT2D eigenvalue weighted by atomic mass is 9.85. The molecule has 1 heterocycles. The summed E-state index contributed by atoms with van der Waals surface area (Å²) in [5.74, 6) is 6.16. The Hall–Kier alpha value is -3.09. The lowest BCUT2D eigenvalue weighted by Gasteiger charge is -2.24. The summed E-state index contributed by atoms with van der Waals surface area (Å²) in [6.07, 6.45) is 6.86. The maximum absolute atomic E-state index is 11.4. The van der Waals surface area contributed by atoms with Crippen molar-refractivity contribution >= 4 is 5.71 Å². The van der Waals surface area contributed by atoms with E-state index in [-0.39, 0.29) is 6.10 Å². The number of oxime groups is 1. The fraction of sp³-hybridized carbons (Fsp3) is 0.174. The van der Waals surface area contributed by atoms with Crippen LogP contribution in [-0.4, -0.2) is 16.9 Å². The second-order valence-corrected chi connectivity index (χ2v) is 6.37. The van der Waals surface area contributed by atoms with Gasteiger partial charge in [0.2, 0.25) is 0 Å². The zero-order chi connectivity index (χ0) is 17.8. The van der Waals surface area contributed by atoms with Gasteiger partial charge < -0.3 is 9.94 Å². The van der Waals surface area contributed by atoms with E-state index in [2.05, 4.69) is 17.0 Å². The molecule has 1 aliphatic carbocycles. The minimum atomic E-state index is -1.32. The topological polar surface area (TPSA) is 41.8 Å². The molecule has 3 heteroatoms. The van der Waals surface area contributed by atoms with Crippen LogP contribution in [0.2, 0.25) is 0 Å². The Morgan fingerprint density at radius 2 is 1.77 bits per heavy atom. The molecule has 0 aromatic heterocycles. The average Bonchev–Trinajstić information content (AvgIpc) is 3.40. The normalized spacial score (nSPS) is 20.4. The highest BCUT2D eigenvalue weighted by Crippen LogP contribution is 2.33. The molecule has 0 radical (unpaired) electrons. The van der Waals surface area contributed by atoms with Gasteiger partial charge >= 0.3 is 0 Å². The summed E-state index contributed by atoms with van der Waals surface area (Å²) in [6.45, 7) is 0. The van der Waals surface area contributed by atoms with Crippen LogP contribution in [0.1, 0.15) is 24.0 Å². The molecule has 1 N–H and O–H groups in total. The van der Waals surface area contributed by atoms with Crippen molar-refractivity contribution in [2.45, 2.75) is 24.5 Å². The molecular weight excluding hydrogens is 322 g/mol. The van der Waals surface area contributed by atoms with Gasteiger partial charge in [0.05, 0.1) is 5.71 Å². The van der Waals surface area contributed by atoms with Crippen molar-refractivity contribution in [1.82, 2.24) is 0 Å². The van der Waals surface area contributed by atoms with Crippen molar-refractivity contribution in [1.29, 1.82) is 0 Å². The summed E-state index contributed by atoms with van der Waals surface area (Å²) in [6, 6.07) is 19.5. The molecule has 2 aromatic carbocycles. The van der Waals surface area contributed by atoms with Crippen molar-refractivity contribution < 1.29 is 9.94 Å². The van der Waals surface area contributed by atoms with Crippen LogP contribution in [-0.2, 0) is 10.4 Å². The van der Waals surface area contributed by atoms with Crippen molar-refractivity contribution in [2.75, 3.05) is 0 Å². The molecule has 0 saturated carbocycles. The average molecular weight is 341 g/mol. The summed E-state index contributed by atoms with van der Waals surface area (Å²) in [4.78, 5) is 5.48. The van der Waals surface area contributed by atoms with Gasteiger partial charge in [-0.15, -0.1) is 0 Å². The minimum absolute atomic E-state index is 0.351. The zero-order valence-corrected chi connectivity index (χ0v) is 14.3. The molecule has 0 amide bonds. The smallest absolute Gasteiger partial charge is 0.193 e. The van der Waals surface area contributed by atoms with E-state index in [1.165, 1.54) is 0 Å². The van der Waals surface area contributed by atoms with Gasteiger partial charge in [-0.2, -0.15) is 0 Å². The molecule has 26 heavy (non-hydrogen) atoms. The van der Waals surface area contributed by atoms with Crippen LogP contribution in [0.15, 0.2) is 89.6 Å². The van der Waals surface area contributed by atoms with Crippen LogP contribution in [0.25, 0.3) is 0 Å². The Morgan fingerprint density at radius 3 is 2.46 bits per heavy atom. The molecule has 3 nitrogen and oxygen atoms in total. The summed E-state index contributed by atoms with van der Waals surface area (Å²) >= 11 is 0. The van der Waals surface area contributed by atoms with Gasteiger partial charge in [0, 0.05) is 12.0 Å². The van der Waals surface area contributed by atoms with E-state index in [0.29, 0.717) is 12.8 Å². The summed E-state index contributed by atoms with van der Waals surface area (Å²) in [5, 5.41) is 15.5. The number of benzene rings is 2. The van der Waals surface area contributed by atoms with Crippen LogP contribution >= 0.6 is 0 Å². The first-order valence-electron chi connectivity index (χ1n) is 8.70. The second-order valence-electron chi connectivity index (χ2n) is 6.37. The number of rotatable bonds is 3. The summed E-state index contributed by atoms with van der Waals surface area (Å²) in [5.41, 5.74) is 2.25. The third-order valence-corrected chi connectivity index (χ3v) is 4.62. The van der Waals surface area contributed by atoms with E-state index in [1.807, 2.05) is 78.9 Å². The highest BCUT2D eigenvalue weighted by atomic mass is 16.6. The van der Waals surface area contributed by atoms with Crippen molar-refractivity contribution in [3.8, 4) is 11.8 Å². The van der Waals surface area contributed by atoms with Crippen LogP contribution in [0, 0.1) is 11.8 Å². The Morgan fingerprint density at radius 1 is 1.04 bits per heavy atom. The van der Waals surface area contributed by atoms with Crippen LogP contribution in [0.5, 0.6) is 0 Å². The number of aliphatic hydroxyl groups is 1. The molecule has 0 saturated heterocycles. The predicted molar refractivity (Wildman–Crippen MR) is 102 cm³/mol. The molecule has 2 unspecified atom stereocenters. The van der Waals surface area contributed by atoms with Gasteiger partial charge in [-0.1, -0.05) is 95.9 Å². The molecule has 0 bridgehead atoms. The van der Waals surface area contributed by atoms with E-state index in [9.17, 15) is 5.11 Å². The van der Waals surface area contributed by atoms with E-state index < -0.39 is 5.60 Å². The first kappa shape index (κ1) is 16.4. The Balaban J connectivity index is 1.57. The standard InChI is InChI=1S/C23H19NO2/c25-23(20-13-7-8-14-20,19-11-5-2-6-12-19)16-15-21-17-22(24-26-21)18-9-3-1-4-10-18/h1-13,21,25H,14,17H2. The zero-order valence-electron chi connectivity index (χ0n) is 14.3. The van der Waals surface area contributed by atoms with Gasteiger partial charge in [0.15, 0.2) is 11.7 Å². The fourth-order valence-electron chi connectivity index (χ4n) is 3.17. The van der Waals surface area contributed by atoms with E-state index in [4.69, 9.17) is 4.84 Å². The quantitative estimate of drug-likeness (QED) is 0.859. The lowest BCUT2D eigenvalue weighted by molar-refractivity contribution is 0.121. The highest BCUT2D eigenvalue weighted by Gasteiger charge is 2.32. The number of allylic oxidation sites excluding steroid dienone is 3. The minimum Gasteiger partial charge on any atom is -0.379 e. The molecule has 128 valence electrons. The monoisotopic (exact) mass is 341 g/mol. The van der Waals surface area contributed by atoms with Crippen LogP contribution in [0.4, 0.5) is 0 Å². The van der Waals surface area contributed by atoms with Gasteiger partial charge in [0.1, 0.15) is 0 Å². The molecule has 4 rings (SSSR count). The maximum Gasteiger partial charge on any atom is 0.193 e. The fourth-order valence-corrected chi connectivity index (χ4v) is 3.17. The van der Waals surface area contributed by atoms with Gasteiger partial charge in [-0.3, -0.25) is 0 Å². The molecule has 2 aromatic rings. The molecule has 0 fully saturated rings. The molecule has 1 aliphatic heterocycles. The molecule has 2 aliphatic rings. The third kappa shape index (κ3) is 3.20. The lowest BCUT2D eigenvalue weighted by Crippen LogP contribution is -2.26. The Kier molecular flexibility index (Phi) is 4.43. The van der Waals surface area contributed by atoms with Gasteiger partial charge in [-0.05, 0) is 17.6 Å². The maximum atomic E-state index is 11.4. The van der Waals surface area contributed by atoms with E-state index in [0.717, 1.165) is 22.4 Å². The SMILES string of the molecule is OC(C#CC1CC(c2ccccc2)=NO1)(C1=CC=CC1)c1ccccc1. The van der Waals surface area contributed by atoms with Gasteiger partial charge in [-0.25, -0.2) is 0 Å². The van der Waals surface area contributed by atoms with Crippen molar-refractivity contribution in [3.63, 3.8) is 0 Å². The second kappa shape index (κ2) is 7.03. The summed E-state index contributed by atoms with van der Waals surface area (Å²) in [7, 11) is 0. The van der Waals surface area contributed by atoms with E-state index in [1.54, 1.807) is 0 Å². The molecule has 2 atom stereocenters.